The monoisotopic (exact) mass is 207 g/mol. The second-order valence-corrected chi connectivity index (χ2v) is 3.84. The maximum absolute atomic E-state index is 4.43. The molecule has 15 heavy (non-hydrogen) atoms. The van der Waals surface area contributed by atoms with E-state index in [0.717, 1.165) is 12.1 Å². The van der Waals surface area contributed by atoms with Crippen LogP contribution in [0.1, 0.15) is 52.9 Å². The van der Waals surface area contributed by atoms with Crippen molar-refractivity contribution in [1.29, 1.82) is 0 Å². The topological polar surface area (TPSA) is 12.4 Å². The number of hydrogen-bond donors (Lipinski definition) is 0. The Labute approximate surface area is 95.0 Å². The van der Waals surface area contributed by atoms with Gasteiger partial charge >= 0.3 is 0 Å². The molecule has 0 fully saturated rings. The molecule has 0 bridgehead atoms. The molecule has 0 saturated carbocycles. The van der Waals surface area contributed by atoms with Crippen molar-refractivity contribution in [2.75, 3.05) is 0 Å². The fraction of sp³-hybridized carbons (Fsp3) is 0.643. The number of rotatable bonds is 8. The summed E-state index contributed by atoms with van der Waals surface area (Å²) in [6.07, 6.45) is 12.0. The molecule has 0 heterocycles. The van der Waals surface area contributed by atoms with Gasteiger partial charge in [-0.05, 0) is 25.8 Å². The zero-order valence-electron chi connectivity index (χ0n) is 10.5. The summed E-state index contributed by atoms with van der Waals surface area (Å²) in [5.41, 5.74) is 1.15. The fourth-order valence-electron chi connectivity index (χ4n) is 1.69. The van der Waals surface area contributed by atoms with Gasteiger partial charge in [-0.25, -0.2) is 0 Å². The van der Waals surface area contributed by atoms with E-state index in [0.29, 0.717) is 5.92 Å². The zero-order valence-corrected chi connectivity index (χ0v) is 10.5. The molecule has 0 amide bonds. The van der Waals surface area contributed by atoms with Crippen LogP contribution in [-0.2, 0) is 0 Å². The van der Waals surface area contributed by atoms with Crippen LogP contribution in [0.3, 0.4) is 0 Å². The van der Waals surface area contributed by atoms with Crippen molar-refractivity contribution in [3.05, 3.63) is 24.9 Å². The van der Waals surface area contributed by atoms with Crippen LogP contribution in [0.2, 0.25) is 0 Å². The molecule has 0 rings (SSSR count). The molecule has 0 radical (unpaired) electrons. The molecular formula is C14H25N. The van der Waals surface area contributed by atoms with Crippen molar-refractivity contribution >= 4 is 5.71 Å². The average molecular weight is 207 g/mol. The molecule has 0 aliphatic rings. The van der Waals surface area contributed by atoms with Crippen LogP contribution in [0.25, 0.3) is 0 Å². The predicted molar refractivity (Wildman–Crippen MR) is 70.4 cm³/mol. The highest BCUT2D eigenvalue weighted by molar-refractivity contribution is 5.96. The number of aliphatic imine (C=N–C) groups is 1. The normalized spacial score (nSPS) is 14.5. The Kier molecular flexibility index (Phi) is 9.15. The predicted octanol–water partition coefficient (Wildman–Crippen LogP) is 4.75. The van der Waals surface area contributed by atoms with Gasteiger partial charge in [-0.3, -0.25) is 4.99 Å². The Balaban J connectivity index is 4.27. The van der Waals surface area contributed by atoms with Crippen molar-refractivity contribution < 1.29 is 0 Å². The van der Waals surface area contributed by atoms with Gasteiger partial charge < -0.3 is 0 Å². The molecule has 1 atom stereocenters. The van der Waals surface area contributed by atoms with Crippen LogP contribution in [0, 0.1) is 5.92 Å². The van der Waals surface area contributed by atoms with Gasteiger partial charge in [-0.2, -0.15) is 0 Å². The second-order valence-electron chi connectivity index (χ2n) is 3.84. The molecule has 0 aliphatic heterocycles. The third kappa shape index (κ3) is 6.27. The first-order chi connectivity index (χ1) is 7.29. The molecule has 0 aliphatic carbocycles. The molecule has 0 aromatic carbocycles. The fourth-order valence-corrected chi connectivity index (χ4v) is 1.69. The Bertz CT molecular complexity index is 213. The summed E-state index contributed by atoms with van der Waals surface area (Å²) in [7, 11) is 0. The maximum atomic E-state index is 4.43. The molecule has 0 aromatic heterocycles. The lowest BCUT2D eigenvalue weighted by Crippen LogP contribution is -2.10. The largest absolute Gasteiger partial charge is 0.261 e. The van der Waals surface area contributed by atoms with Crippen LogP contribution >= 0.6 is 0 Å². The van der Waals surface area contributed by atoms with Gasteiger partial charge in [-0.15, -0.1) is 0 Å². The van der Waals surface area contributed by atoms with E-state index in [2.05, 4.69) is 25.4 Å². The van der Waals surface area contributed by atoms with Crippen LogP contribution in [-0.4, -0.2) is 5.71 Å². The Morgan fingerprint density at radius 1 is 1.33 bits per heavy atom. The second kappa shape index (κ2) is 9.70. The first-order valence-electron chi connectivity index (χ1n) is 6.11. The smallest absolute Gasteiger partial charge is 0.0428 e. The van der Waals surface area contributed by atoms with Crippen LogP contribution in [0.4, 0.5) is 0 Å². The van der Waals surface area contributed by atoms with Gasteiger partial charge in [0.2, 0.25) is 0 Å². The van der Waals surface area contributed by atoms with Gasteiger partial charge in [0.15, 0.2) is 0 Å². The molecule has 86 valence electrons. The van der Waals surface area contributed by atoms with E-state index in [-0.39, 0.29) is 0 Å². The third-order valence-electron chi connectivity index (χ3n) is 2.65. The van der Waals surface area contributed by atoms with E-state index in [1.165, 1.54) is 25.7 Å². The van der Waals surface area contributed by atoms with Crippen molar-refractivity contribution in [2.24, 2.45) is 10.9 Å². The minimum absolute atomic E-state index is 0.588. The minimum Gasteiger partial charge on any atom is -0.261 e. The Hall–Kier alpha value is -0.850. The summed E-state index contributed by atoms with van der Waals surface area (Å²) < 4.78 is 0. The molecule has 1 unspecified atom stereocenters. The van der Waals surface area contributed by atoms with Gasteiger partial charge in [0.25, 0.3) is 0 Å². The van der Waals surface area contributed by atoms with E-state index in [9.17, 15) is 0 Å². The number of unbranched alkanes of at least 4 members (excludes halogenated alkanes) is 2. The molecule has 1 nitrogen and oxygen atoms in total. The van der Waals surface area contributed by atoms with Gasteiger partial charge in [0, 0.05) is 17.8 Å². The molecule has 0 aromatic rings. The molecule has 0 spiro atoms. The highest BCUT2D eigenvalue weighted by Gasteiger charge is 2.09. The lowest BCUT2D eigenvalue weighted by atomic mass is 9.93. The van der Waals surface area contributed by atoms with Crippen molar-refractivity contribution in [3.8, 4) is 0 Å². The van der Waals surface area contributed by atoms with Crippen molar-refractivity contribution in [3.63, 3.8) is 0 Å². The van der Waals surface area contributed by atoms with Gasteiger partial charge in [0.05, 0.1) is 0 Å². The van der Waals surface area contributed by atoms with E-state index in [1.54, 1.807) is 0 Å². The Morgan fingerprint density at radius 3 is 2.53 bits per heavy atom. The van der Waals surface area contributed by atoms with Crippen molar-refractivity contribution in [1.82, 2.24) is 0 Å². The number of allylic oxidation sites excluding steroid dienone is 2. The Morgan fingerprint density at radius 2 is 2.07 bits per heavy atom. The van der Waals surface area contributed by atoms with E-state index in [4.69, 9.17) is 0 Å². The molecule has 1 heteroatoms. The van der Waals surface area contributed by atoms with E-state index < -0.39 is 0 Å². The average Bonchev–Trinajstić information content (AvgIpc) is 2.27. The summed E-state index contributed by atoms with van der Waals surface area (Å²) >= 11 is 0. The van der Waals surface area contributed by atoms with Gasteiger partial charge in [-0.1, -0.05) is 45.8 Å². The lowest BCUT2D eigenvalue weighted by Gasteiger charge is -2.14. The molecule has 0 N–H and O–H groups in total. The molecule has 0 saturated heterocycles. The highest BCUT2D eigenvalue weighted by Crippen LogP contribution is 2.16. The summed E-state index contributed by atoms with van der Waals surface area (Å²) in [4.78, 5) is 4.43. The maximum Gasteiger partial charge on any atom is 0.0428 e. The summed E-state index contributed by atoms with van der Waals surface area (Å²) in [6, 6.07) is 0. The first kappa shape index (κ1) is 14.2. The summed E-state index contributed by atoms with van der Waals surface area (Å²) in [6.45, 7) is 10.3. The van der Waals surface area contributed by atoms with Gasteiger partial charge in [0.1, 0.15) is 0 Å². The number of hydrogen-bond acceptors (Lipinski definition) is 1. The third-order valence-corrected chi connectivity index (χ3v) is 2.65. The van der Waals surface area contributed by atoms with Crippen LogP contribution in [0.5, 0.6) is 0 Å². The van der Waals surface area contributed by atoms with E-state index in [1.807, 2.05) is 25.3 Å². The molecular weight excluding hydrogens is 182 g/mol. The highest BCUT2D eigenvalue weighted by atomic mass is 14.7. The lowest BCUT2D eigenvalue weighted by molar-refractivity contribution is 0.553. The SMILES string of the molecule is C=CC(=N/C=C\C)C(CC)CCCCC. The standard InChI is InChI=1S/C14H25N/c1-5-9-10-11-13(7-3)14(8-4)15-12-6-2/h6,8,12-13H,4-5,7,9-11H2,1-3H3/b12-6-,15-14?. The van der Waals surface area contributed by atoms with Crippen LogP contribution < -0.4 is 0 Å². The zero-order chi connectivity index (χ0) is 11.5. The van der Waals surface area contributed by atoms with Crippen molar-refractivity contribution in [2.45, 2.75) is 52.9 Å². The summed E-state index contributed by atoms with van der Waals surface area (Å²) in [5.74, 6) is 0.588. The summed E-state index contributed by atoms with van der Waals surface area (Å²) in [5, 5.41) is 0. The quantitative estimate of drug-likeness (QED) is 0.402. The minimum atomic E-state index is 0.588. The van der Waals surface area contributed by atoms with Crippen LogP contribution in [0.15, 0.2) is 29.9 Å². The number of nitrogens with zero attached hydrogens (tertiary/aromatic N) is 1. The van der Waals surface area contributed by atoms with E-state index >= 15 is 0 Å². The first-order valence-corrected chi connectivity index (χ1v) is 6.11.